The second-order valence-corrected chi connectivity index (χ2v) is 5.16. The summed E-state index contributed by atoms with van der Waals surface area (Å²) in [7, 11) is 0. The summed E-state index contributed by atoms with van der Waals surface area (Å²) in [4.78, 5) is 2.40. The van der Waals surface area contributed by atoms with Gasteiger partial charge in [0.15, 0.2) is 0 Å². The molecule has 102 valence electrons. The van der Waals surface area contributed by atoms with E-state index < -0.39 is 0 Å². The molecule has 0 unspecified atom stereocenters. The first-order valence-electron chi connectivity index (χ1n) is 7.02. The minimum absolute atomic E-state index is 0.237. The van der Waals surface area contributed by atoms with E-state index in [1.807, 2.05) is 0 Å². The highest BCUT2D eigenvalue weighted by atomic mass is 16.3. The van der Waals surface area contributed by atoms with Crippen LogP contribution in [0.4, 0.5) is 0 Å². The van der Waals surface area contributed by atoms with Crippen LogP contribution in [0.15, 0.2) is 18.2 Å². The first kappa shape index (κ1) is 15.2. The number of hydrogen-bond donors (Lipinski definition) is 1. The van der Waals surface area contributed by atoms with Gasteiger partial charge in [-0.05, 0) is 32.3 Å². The van der Waals surface area contributed by atoms with Gasteiger partial charge in [0.25, 0.3) is 0 Å². The fraction of sp³-hybridized carbons (Fsp3) is 0.625. The average Bonchev–Trinajstić information content (AvgIpc) is 2.29. The first-order valence-corrected chi connectivity index (χ1v) is 7.02. The molecule has 0 atom stereocenters. The summed E-state index contributed by atoms with van der Waals surface area (Å²) in [5, 5.41) is 9.22. The quantitative estimate of drug-likeness (QED) is 0.801. The van der Waals surface area contributed by atoms with E-state index in [0.29, 0.717) is 6.04 Å². The second-order valence-electron chi connectivity index (χ2n) is 5.16. The molecule has 18 heavy (non-hydrogen) atoms. The van der Waals surface area contributed by atoms with Crippen LogP contribution in [0.25, 0.3) is 0 Å². The lowest BCUT2D eigenvalue weighted by Gasteiger charge is -2.30. The molecule has 1 rings (SSSR count). The summed E-state index contributed by atoms with van der Waals surface area (Å²) in [6.07, 6.45) is 2.28. The van der Waals surface area contributed by atoms with Crippen LogP contribution in [-0.2, 0) is 6.54 Å². The van der Waals surface area contributed by atoms with Gasteiger partial charge in [0.1, 0.15) is 0 Å². The first-order chi connectivity index (χ1) is 8.60. The van der Waals surface area contributed by atoms with Crippen LogP contribution in [0, 0.1) is 13.8 Å². The predicted molar refractivity (Wildman–Crippen MR) is 77.8 cm³/mol. The summed E-state index contributed by atoms with van der Waals surface area (Å²) in [6.45, 7) is 10.7. The van der Waals surface area contributed by atoms with Gasteiger partial charge in [-0.3, -0.25) is 4.90 Å². The van der Waals surface area contributed by atoms with Crippen molar-refractivity contribution in [2.24, 2.45) is 0 Å². The van der Waals surface area contributed by atoms with Gasteiger partial charge in [-0.1, -0.05) is 43.2 Å². The maximum absolute atomic E-state index is 9.22. The molecular formula is C16H27NO. The number of aliphatic hydroxyl groups excluding tert-OH is 1. The van der Waals surface area contributed by atoms with Crippen molar-refractivity contribution in [1.82, 2.24) is 4.90 Å². The number of aliphatic hydroxyl groups is 1. The van der Waals surface area contributed by atoms with E-state index >= 15 is 0 Å². The van der Waals surface area contributed by atoms with Crippen LogP contribution < -0.4 is 0 Å². The SMILES string of the molecule is CCC(CC)N(CCO)Cc1cc(C)cc(C)c1. The Bertz CT molecular complexity index is 338. The number of aryl methyl sites for hydroxylation is 2. The molecule has 1 aromatic rings. The van der Waals surface area contributed by atoms with Crippen LogP contribution in [-0.4, -0.2) is 29.2 Å². The lowest BCUT2D eigenvalue weighted by atomic mass is 10.0. The molecule has 0 fully saturated rings. The molecule has 0 amide bonds. The zero-order valence-electron chi connectivity index (χ0n) is 12.2. The molecule has 0 radical (unpaired) electrons. The van der Waals surface area contributed by atoms with Crippen LogP contribution in [0.3, 0.4) is 0 Å². The number of rotatable bonds is 7. The molecule has 2 heteroatoms. The molecule has 1 aromatic carbocycles. The lowest BCUT2D eigenvalue weighted by Crippen LogP contribution is -2.36. The normalized spacial score (nSPS) is 11.5. The van der Waals surface area contributed by atoms with E-state index in [-0.39, 0.29) is 6.61 Å². The zero-order chi connectivity index (χ0) is 13.5. The third kappa shape index (κ3) is 4.43. The minimum Gasteiger partial charge on any atom is -0.395 e. The van der Waals surface area contributed by atoms with E-state index in [9.17, 15) is 5.11 Å². The van der Waals surface area contributed by atoms with Crippen LogP contribution in [0.2, 0.25) is 0 Å². The summed E-state index contributed by atoms with van der Waals surface area (Å²) in [5.74, 6) is 0. The van der Waals surface area contributed by atoms with Crippen molar-refractivity contribution >= 4 is 0 Å². The third-order valence-electron chi connectivity index (χ3n) is 3.51. The topological polar surface area (TPSA) is 23.5 Å². The Kier molecular flexibility index (Phi) is 6.37. The van der Waals surface area contributed by atoms with E-state index in [4.69, 9.17) is 0 Å². The van der Waals surface area contributed by atoms with Crippen molar-refractivity contribution in [3.05, 3.63) is 34.9 Å². The van der Waals surface area contributed by atoms with Crippen molar-refractivity contribution in [3.63, 3.8) is 0 Å². The molecule has 0 saturated heterocycles. The lowest BCUT2D eigenvalue weighted by molar-refractivity contribution is 0.136. The Morgan fingerprint density at radius 2 is 1.61 bits per heavy atom. The largest absolute Gasteiger partial charge is 0.395 e. The average molecular weight is 249 g/mol. The maximum Gasteiger partial charge on any atom is 0.0558 e. The van der Waals surface area contributed by atoms with Gasteiger partial charge in [-0.15, -0.1) is 0 Å². The van der Waals surface area contributed by atoms with E-state index in [2.05, 4.69) is 50.8 Å². The predicted octanol–water partition coefficient (Wildman–Crippen LogP) is 3.29. The molecular weight excluding hydrogens is 222 g/mol. The fourth-order valence-corrected chi connectivity index (χ4v) is 2.72. The minimum atomic E-state index is 0.237. The molecule has 0 aliphatic rings. The molecule has 0 spiro atoms. The van der Waals surface area contributed by atoms with Gasteiger partial charge in [0, 0.05) is 19.1 Å². The smallest absolute Gasteiger partial charge is 0.0558 e. The van der Waals surface area contributed by atoms with Crippen molar-refractivity contribution < 1.29 is 5.11 Å². The van der Waals surface area contributed by atoms with Gasteiger partial charge in [0.2, 0.25) is 0 Å². The molecule has 0 aliphatic heterocycles. The summed E-state index contributed by atoms with van der Waals surface area (Å²) in [5.41, 5.74) is 3.99. The third-order valence-corrected chi connectivity index (χ3v) is 3.51. The Labute approximate surface area is 112 Å². The summed E-state index contributed by atoms with van der Waals surface area (Å²) >= 11 is 0. The number of benzene rings is 1. The molecule has 2 nitrogen and oxygen atoms in total. The highest BCUT2D eigenvalue weighted by molar-refractivity contribution is 5.28. The summed E-state index contributed by atoms with van der Waals surface area (Å²) < 4.78 is 0. The van der Waals surface area contributed by atoms with Gasteiger partial charge in [-0.25, -0.2) is 0 Å². The van der Waals surface area contributed by atoms with E-state index in [0.717, 1.165) is 25.9 Å². The number of hydrogen-bond acceptors (Lipinski definition) is 2. The molecule has 1 N–H and O–H groups in total. The van der Waals surface area contributed by atoms with Gasteiger partial charge < -0.3 is 5.11 Å². The maximum atomic E-state index is 9.22. The summed E-state index contributed by atoms with van der Waals surface area (Å²) in [6, 6.07) is 7.27. The van der Waals surface area contributed by atoms with Crippen molar-refractivity contribution in [3.8, 4) is 0 Å². The van der Waals surface area contributed by atoms with Crippen molar-refractivity contribution in [2.45, 2.75) is 53.1 Å². The Hall–Kier alpha value is -0.860. The standard InChI is InChI=1S/C16H27NO/c1-5-16(6-2)17(7-8-18)12-15-10-13(3)9-14(4)11-15/h9-11,16,18H,5-8,12H2,1-4H3. The van der Waals surface area contributed by atoms with E-state index in [1.165, 1.54) is 16.7 Å². The van der Waals surface area contributed by atoms with Gasteiger partial charge in [0.05, 0.1) is 6.61 Å². The highest BCUT2D eigenvalue weighted by Gasteiger charge is 2.14. The fourth-order valence-electron chi connectivity index (χ4n) is 2.72. The zero-order valence-corrected chi connectivity index (χ0v) is 12.2. The Morgan fingerprint density at radius 3 is 2.06 bits per heavy atom. The van der Waals surface area contributed by atoms with Crippen LogP contribution in [0.1, 0.15) is 43.4 Å². The molecule has 0 aromatic heterocycles. The van der Waals surface area contributed by atoms with Crippen LogP contribution >= 0.6 is 0 Å². The van der Waals surface area contributed by atoms with Crippen molar-refractivity contribution in [2.75, 3.05) is 13.2 Å². The number of nitrogens with zero attached hydrogens (tertiary/aromatic N) is 1. The van der Waals surface area contributed by atoms with Crippen molar-refractivity contribution in [1.29, 1.82) is 0 Å². The van der Waals surface area contributed by atoms with E-state index in [1.54, 1.807) is 0 Å². The highest BCUT2D eigenvalue weighted by Crippen LogP contribution is 2.15. The van der Waals surface area contributed by atoms with Crippen LogP contribution in [0.5, 0.6) is 0 Å². The Balaban J connectivity index is 2.81. The monoisotopic (exact) mass is 249 g/mol. The molecule has 0 bridgehead atoms. The Morgan fingerprint density at radius 1 is 1.06 bits per heavy atom. The van der Waals surface area contributed by atoms with Gasteiger partial charge in [-0.2, -0.15) is 0 Å². The molecule has 0 saturated carbocycles. The molecule has 0 aliphatic carbocycles. The second kappa shape index (κ2) is 7.55. The van der Waals surface area contributed by atoms with Gasteiger partial charge >= 0.3 is 0 Å². The molecule has 0 heterocycles.